The van der Waals surface area contributed by atoms with Crippen molar-refractivity contribution in [3.8, 4) is 0 Å². The standard InChI is InChI=1S/C16H30N2O2/c1-18(12-14-8-5-9-15(14)19)16(20)17-11-10-13-6-3-2-4-7-13/h13-15,19H,2-12H2,1H3,(H,17,20). The first-order valence-corrected chi connectivity index (χ1v) is 8.34. The van der Waals surface area contributed by atoms with Crippen LogP contribution in [0.25, 0.3) is 0 Å². The van der Waals surface area contributed by atoms with Crippen molar-refractivity contribution in [2.24, 2.45) is 11.8 Å². The molecule has 4 nitrogen and oxygen atoms in total. The van der Waals surface area contributed by atoms with Crippen molar-refractivity contribution in [2.75, 3.05) is 20.1 Å². The molecule has 0 heterocycles. The number of rotatable bonds is 5. The summed E-state index contributed by atoms with van der Waals surface area (Å²) in [4.78, 5) is 13.7. The number of aliphatic hydroxyl groups is 1. The van der Waals surface area contributed by atoms with Crippen LogP contribution in [0.5, 0.6) is 0 Å². The smallest absolute Gasteiger partial charge is 0.317 e. The molecule has 0 aromatic carbocycles. The van der Waals surface area contributed by atoms with Crippen molar-refractivity contribution >= 4 is 6.03 Å². The van der Waals surface area contributed by atoms with E-state index in [1.165, 1.54) is 32.1 Å². The summed E-state index contributed by atoms with van der Waals surface area (Å²) in [5.74, 6) is 1.08. The number of carbonyl (C=O) groups is 1. The second-order valence-electron chi connectivity index (χ2n) is 6.66. The molecule has 0 saturated heterocycles. The molecule has 2 rings (SSSR count). The lowest BCUT2D eigenvalue weighted by atomic mass is 9.87. The van der Waals surface area contributed by atoms with Crippen LogP contribution in [0.3, 0.4) is 0 Å². The summed E-state index contributed by atoms with van der Waals surface area (Å²) in [6.07, 6.45) is 10.7. The Labute approximate surface area is 122 Å². The van der Waals surface area contributed by atoms with Crippen molar-refractivity contribution < 1.29 is 9.90 Å². The first-order valence-electron chi connectivity index (χ1n) is 8.34. The van der Waals surface area contributed by atoms with Gasteiger partial charge in [-0.2, -0.15) is 0 Å². The zero-order chi connectivity index (χ0) is 14.4. The van der Waals surface area contributed by atoms with Gasteiger partial charge >= 0.3 is 6.03 Å². The van der Waals surface area contributed by atoms with E-state index >= 15 is 0 Å². The highest BCUT2D eigenvalue weighted by Crippen LogP contribution is 2.26. The van der Waals surface area contributed by atoms with Crippen LogP contribution in [-0.2, 0) is 0 Å². The normalized spacial score (nSPS) is 27.5. The molecule has 2 saturated carbocycles. The predicted octanol–water partition coefficient (Wildman–Crippen LogP) is 2.76. The van der Waals surface area contributed by atoms with Crippen LogP contribution in [0.1, 0.15) is 57.8 Å². The number of urea groups is 1. The topological polar surface area (TPSA) is 52.6 Å². The highest BCUT2D eigenvalue weighted by molar-refractivity contribution is 5.73. The first-order chi connectivity index (χ1) is 9.66. The second-order valence-corrected chi connectivity index (χ2v) is 6.66. The van der Waals surface area contributed by atoms with Gasteiger partial charge in [0.15, 0.2) is 0 Å². The fourth-order valence-electron chi connectivity index (χ4n) is 3.66. The summed E-state index contributed by atoms with van der Waals surface area (Å²) in [7, 11) is 1.83. The molecule has 2 fully saturated rings. The molecule has 0 bridgehead atoms. The van der Waals surface area contributed by atoms with Gasteiger partial charge in [-0.05, 0) is 25.2 Å². The Hall–Kier alpha value is -0.770. The van der Waals surface area contributed by atoms with Crippen LogP contribution in [0.2, 0.25) is 0 Å². The molecule has 0 spiro atoms. The maximum absolute atomic E-state index is 12.0. The number of hydrogen-bond acceptors (Lipinski definition) is 2. The van der Waals surface area contributed by atoms with Crippen LogP contribution >= 0.6 is 0 Å². The Kier molecular flexibility index (Phi) is 6.14. The molecule has 2 aliphatic rings. The van der Waals surface area contributed by atoms with Crippen molar-refractivity contribution in [1.29, 1.82) is 0 Å². The van der Waals surface area contributed by atoms with Crippen molar-refractivity contribution in [2.45, 2.75) is 63.9 Å². The molecule has 116 valence electrons. The summed E-state index contributed by atoms with van der Waals surface area (Å²) in [6.45, 7) is 1.47. The summed E-state index contributed by atoms with van der Waals surface area (Å²) < 4.78 is 0. The number of nitrogens with zero attached hydrogens (tertiary/aromatic N) is 1. The van der Waals surface area contributed by atoms with E-state index in [0.29, 0.717) is 6.54 Å². The van der Waals surface area contributed by atoms with Crippen molar-refractivity contribution in [3.05, 3.63) is 0 Å². The van der Waals surface area contributed by atoms with Gasteiger partial charge in [0, 0.05) is 26.1 Å². The molecule has 0 aromatic heterocycles. The minimum atomic E-state index is -0.215. The van der Waals surface area contributed by atoms with Gasteiger partial charge in [0.25, 0.3) is 0 Å². The van der Waals surface area contributed by atoms with Gasteiger partial charge in [-0.25, -0.2) is 4.79 Å². The molecule has 2 amide bonds. The van der Waals surface area contributed by atoms with Crippen molar-refractivity contribution in [1.82, 2.24) is 10.2 Å². The SMILES string of the molecule is CN(CC1CCCC1O)C(=O)NCCC1CCCCC1. The summed E-state index contributed by atoms with van der Waals surface area (Å²) in [5.41, 5.74) is 0. The molecular weight excluding hydrogens is 252 g/mol. The number of aliphatic hydroxyl groups excluding tert-OH is 1. The van der Waals surface area contributed by atoms with Gasteiger partial charge in [-0.15, -0.1) is 0 Å². The minimum absolute atomic E-state index is 0.0138. The maximum atomic E-state index is 12.0. The zero-order valence-electron chi connectivity index (χ0n) is 12.8. The summed E-state index contributed by atoms with van der Waals surface area (Å²) in [6, 6.07) is 0.0138. The molecular formula is C16H30N2O2. The highest BCUT2D eigenvalue weighted by Gasteiger charge is 2.27. The van der Waals surface area contributed by atoms with Crippen LogP contribution in [0.15, 0.2) is 0 Å². The van der Waals surface area contributed by atoms with E-state index in [4.69, 9.17) is 0 Å². The average Bonchev–Trinajstić information content (AvgIpc) is 2.85. The lowest BCUT2D eigenvalue weighted by molar-refractivity contribution is 0.114. The number of nitrogens with one attached hydrogen (secondary N) is 1. The summed E-state index contributed by atoms with van der Waals surface area (Å²) >= 11 is 0. The Balaban J connectivity index is 1.60. The van der Waals surface area contributed by atoms with E-state index in [-0.39, 0.29) is 18.1 Å². The fourth-order valence-corrected chi connectivity index (χ4v) is 3.66. The second kappa shape index (κ2) is 7.87. The van der Waals surface area contributed by atoms with E-state index < -0.39 is 0 Å². The van der Waals surface area contributed by atoms with Crippen LogP contribution in [0.4, 0.5) is 4.79 Å². The molecule has 0 aromatic rings. The quantitative estimate of drug-likeness (QED) is 0.814. The lowest BCUT2D eigenvalue weighted by Gasteiger charge is -2.25. The third-order valence-corrected chi connectivity index (χ3v) is 5.03. The molecule has 4 heteroatoms. The molecule has 2 unspecified atom stereocenters. The first kappa shape index (κ1) is 15.6. The Bertz CT molecular complexity index is 303. The van der Waals surface area contributed by atoms with Gasteiger partial charge in [0.2, 0.25) is 0 Å². The van der Waals surface area contributed by atoms with Crippen LogP contribution < -0.4 is 5.32 Å². The Morgan fingerprint density at radius 3 is 2.55 bits per heavy atom. The van der Waals surface area contributed by atoms with E-state index in [0.717, 1.165) is 38.1 Å². The molecule has 0 aliphatic heterocycles. The maximum Gasteiger partial charge on any atom is 0.317 e. The predicted molar refractivity (Wildman–Crippen MR) is 80.6 cm³/mol. The van der Waals surface area contributed by atoms with Gasteiger partial charge in [0.05, 0.1) is 6.10 Å². The van der Waals surface area contributed by atoms with E-state index in [1.807, 2.05) is 7.05 Å². The highest BCUT2D eigenvalue weighted by atomic mass is 16.3. The van der Waals surface area contributed by atoms with Crippen LogP contribution in [0, 0.1) is 11.8 Å². The molecule has 20 heavy (non-hydrogen) atoms. The van der Waals surface area contributed by atoms with Gasteiger partial charge in [-0.1, -0.05) is 38.5 Å². The van der Waals surface area contributed by atoms with E-state index in [1.54, 1.807) is 4.90 Å². The number of carbonyl (C=O) groups excluding carboxylic acids is 1. The van der Waals surface area contributed by atoms with Crippen LogP contribution in [-0.4, -0.2) is 42.3 Å². The molecule has 2 atom stereocenters. The number of amides is 2. The Morgan fingerprint density at radius 1 is 1.15 bits per heavy atom. The molecule has 0 radical (unpaired) electrons. The molecule has 2 N–H and O–H groups in total. The number of hydrogen-bond donors (Lipinski definition) is 2. The zero-order valence-corrected chi connectivity index (χ0v) is 12.8. The minimum Gasteiger partial charge on any atom is -0.393 e. The van der Waals surface area contributed by atoms with E-state index in [2.05, 4.69) is 5.32 Å². The van der Waals surface area contributed by atoms with Gasteiger partial charge in [0.1, 0.15) is 0 Å². The Morgan fingerprint density at radius 2 is 1.90 bits per heavy atom. The van der Waals surface area contributed by atoms with Crippen molar-refractivity contribution in [3.63, 3.8) is 0 Å². The third kappa shape index (κ3) is 4.65. The largest absolute Gasteiger partial charge is 0.393 e. The lowest BCUT2D eigenvalue weighted by Crippen LogP contribution is -2.41. The average molecular weight is 282 g/mol. The molecule has 2 aliphatic carbocycles. The van der Waals surface area contributed by atoms with E-state index in [9.17, 15) is 9.90 Å². The van der Waals surface area contributed by atoms with Gasteiger partial charge < -0.3 is 15.3 Å². The third-order valence-electron chi connectivity index (χ3n) is 5.03. The monoisotopic (exact) mass is 282 g/mol. The summed E-state index contributed by atoms with van der Waals surface area (Å²) in [5, 5.41) is 12.8. The fraction of sp³-hybridized carbons (Fsp3) is 0.938. The van der Waals surface area contributed by atoms with Gasteiger partial charge in [-0.3, -0.25) is 0 Å².